The SMILES string of the molecule is O=C1C(=Cc2ccc(F)cc2)N=C(c2ccccc2)N1Cc1ccc(F)cc1. The van der Waals surface area contributed by atoms with Crippen molar-refractivity contribution in [3.63, 3.8) is 0 Å². The lowest BCUT2D eigenvalue weighted by Gasteiger charge is -2.18. The second-order valence-corrected chi connectivity index (χ2v) is 6.40. The highest BCUT2D eigenvalue weighted by molar-refractivity contribution is 6.19. The second-order valence-electron chi connectivity index (χ2n) is 6.40. The summed E-state index contributed by atoms with van der Waals surface area (Å²) in [6.45, 7) is 0.271. The van der Waals surface area contributed by atoms with Crippen LogP contribution in [0.3, 0.4) is 0 Å². The van der Waals surface area contributed by atoms with Crippen LogP contribution in [0.25, 0.3) is 6.08 Å². The Balaban J connectivity index is 1.71. The summed E-state index contributed by atoms with van der Waals surface area (Å²) in [5.41, 5.74) is 2.55. The Morgan fingerprint density at radius 2 is 1.43 bits per heavy atom. The number of rotatable bonds is 4. The van der Waals surface area contributed by atoms with Crippen LogP contribution in [-0.4, -0.2) is 16.6 Å². The zero-order valence-corrected chi connectivity index (χ0v) is 14.8. The van der Waals surface area contributed by atoms with Crippen LogP contribution in [0.5, 0.6) is 0 Å². The maximum absolute atomic E-state index is 13.2. The Morgan fingerprint density at radius 1 is 0.821 bits per heavy atom. The van der Waals surface area contributed by atoms with Gasteiger partial charge in [-0.25, -0.2) is 13.8 Å². The molecule has 3 aromatic rings. The van der Waals surface area contributed by atoms with E-state index >= 15 is 0 Å². The van der Waals surface area contributed by atoms with Gasteiger partial charge in [0.15, 0.2) is 0 Å². The van der Waals surface area contributed by atoms with Crippen LogP contribution in [0.4, 0.5) is 8.78 Å². The van der Waals surface area contributed by atoms with Gasteiger partial charge in [0.2, 0.25) is 0 Å². The molecule has 5 heteroatoms. The molecular weight excluding hydrogens is 358 g/mol. The molecule has 0 radical (unpaired) electrons. The fraction of sp³-hybridized carbons (Fsp3) is 0.0435. The molecule has 3 aromatic carbocycles. The molecule has 0 aromatic heterocycles. The van der Waals surface area contributed by atoms with Gasteiger partial charge < -0.3 is 0 Å². The van der Waals surface area contributed by atoms with Gasteiger partial charge in [-0.05, 0) is 41.5 Å². The molecule has 1 amide bonds. The summed E-state index contributed by atoms with van der Waals surface area (Å²) in [4.78, 5) is 19.1. The molecule has 3 nitrogen and oxygen atoms in total. The van der Waals surface area contributed by atoms with Crippen LogP contribution in [-0.2, 0) is 11.3 Å². The summed E-state index contributed by atoms with van der Waals surface area (Å²) in [6.07, 6.45) is 1.63. The minimum Gasteiger partial charge on any atom is -0.286 e. The molecule has 0 aliphatic carbocycles. The molecule has 1 heterocycles. The quantitative estimate of drug-likeness (QED) is 0.604. The number of nitrogens with zero attached hydrogens (tertiary/aromatic N) is 2. The van der Waals surface area contributed by atoms with Crippen LogP contribution < -0.4 is 0 Å². The molecule has 0 saturated heterocycles. The van der Waals surface area contributed by atoms with Crippen LogP contribution >= 0.6 is 0 Å². The minimum atomic E-state index is -0.341. The van der Waals surface area contributed by atoms with Crippen molar-refractivity contribution >= 4 is 17.8 Å². The van der Waals surface area contributed by atoms with E-state index in [-0.39, 0.29) is 29.8 Å². The van der Waals surface area contributed by atoms with Crippen molar-refractivity contribution in [1.29, 1.82) is 0 Å². The molecule has 0 unspecified atom stereocenters. The lowest BCUT2D eigenvalue weighted by Crippen LogP contribution is -2.32. The first-order valence-electron chi connectivity index (χ1n) is 8.78. The lowest BCUT2D eigenvalue weighted by atomic mass is 10.1. The van der Waals surface area contributed by atoms with Gasteiger partial charge in [0.1, 0.15) is 23.2 Å². The summed E-state index contributed by atoms with van der Waals surface area (Å²) in [7, 11) is 0. The van der Waals surface area contributed by atoms with Crippen molar-refractivity contribution in [2.75, 3.05) is 0 Å². The number of carbonyl (C=O) groups is 1. The highest BCUT2D eigenvalue weighted by atomic mass is 19.1. The molecule has 0 fully saturated rings. The molecule has 1 aliphatic rings. The monoisotopic (exact) mass is 374 g/mol. The first-order chi connectivity index (χ1) is 13.6. The Kier molecular flexibility index (Phi) is 4.81. The molecule has 0 atom stereocenters. The number of hydrogen-bond donors (Lipinski definition) is 0. The molecule has 0 N–H and O–H groups in total. The van der Waals surface area contributed by atoms with Crippen LogP contribution in [0.1, 0.15) is 16.7 Å². The molecule has 4 rings (SSSR count). The largest absolute Gasteiger partial charge is 0.286 e. The number of benzene rings is 3. The highest BCUT2D eigenvalue weighted by Crippen LogP contribution is 2.24. The standard InChI is InChI=1S/C23H16F2N2O/c24-19-10-6-16(7-11-19)14-21-23(28)27(15-17-8-12-20(25)13-9-17)22(26-21)18-4-2-1-3-5-18/h1-14H,15H2. The van der Waals surface area contributed by atoms with Gasteiger partial charge in [-0.1, -0.05) is 54.6 Å². The summed E-state index contributed by atoms with van der Waals surface area (Å²) < 4.78 is 26.4. The van der Waals surface area contributed by atoms with E-state index in [1.807, 2.05) is 30.3 Å². The minimum absolute atomic E-state index is 0.257. The van der Waals surface area contributed by atoms with E-state index in [0.717, 1.165) is 11.1 Å². The predicted molar refractivity (Wildman–Crippen MR) is 104 cm³/mol. The van der Waals surface area contributed by atoms with Crippen molar-refractivity contribution in [3.8, 4) is 0 Å². The van der Waals surface area contributed by atoms with E-state index in [4.69, 9.17) is 0 Å². The summed E-state index contributed by atoms with van der Waals surface area (Å²) >= 11 is 0. The Morgan fingerprint density at radius 3 is 2.07 bits per heavy atom. The zero-order chi connectivity index (χ0) is 19.5. The summed E-state index contributed by atoms with van der Waals surface area (Å²) in [6, 6.07) is 21.3. The van der Waals surface area contributed by atoms with E-state index in [1.54, 1.807) is 35.2 Å². The highest BCUT2D eigenvalue weighted by Gasteiger charge is 2.31. The number of carbonyl (C=O) groups excluding carboxylic acids is 1. The van der Waals surface area contributed by atoms with E-state index in [0.29, 0.717) is 11.4 Å². The molecular formula is C23H16F2N2O. The normalized spacial score (nSPS) is 15.2. The third kappa shape index (κ3) is 3.74. The Labute approximate surface area is 161 Å². The van der Waals surface area contributed by atoms with Gasteiger partial charge >= 0.3 is 0 Å². The second kappa shape index (κ2) is 7.56. The van der Waals surface area contributed by atoms with Gasteiger partial charge in [-0.3, -0.25) is 9.69 Å². The van der Waals surface area contributed by atoms with Gasteiger partial charge in [0.25, 0.3) is 5.91 Å². The summed E-state index contributed by atoms with van der Waals surface area (Å²) in [5.74, 6) is -0.396. The first kappa shape index (κ1) is 17.8. The van der Waals surface area contributed by atoms with E-state index in [9.17, 15) is 13.6 Å². The fourth-order valence-electron chi connectivity index (χ4n) is 2.99. The summed E-state index contributed by atoms with van der Waals surface area (Å²) in [5, 5.41) is 0. The van der Waals surface area contributed by atoms with Crippen LogP contribution in [0, 0.1) is 11.6 Å². The van der Waals surface area contributed by atoms with Crippen molar-refractivity contribution in [1.82, 2.24) is 4.90 Å². The van der Waals surface area contributed by atoms with Crippen LogP contribution in [0.15, 0.2) is 89.6 Å². The average molecular weight is 374 g/mol. The van der Waals surface area contributed by atoms with E-state index < -0.39 is 0 Å². The molecule has 0 spiro atoms. The third-order valence-electron chi connectivity index (χ3n) is 4.41. The topological polar surface area (TPSA) is 32.7 Å². The number of amides is 1. The average Bonchev–Trinajstić information content (AvgIpc) is 3.02. The van der Waals surface area contributed by atoms with E-state index in [2.05, 4.69) is 4.99 Å². The van der Waals surface area contributed by atoms with Crippen molar-refractivity contribution in [2.24, 2.45) is 4.99 Å². The molecule has 138 valence electrons. The van der Waals surface area contributed by atoms with Gasteiger partial charge in [0.05, 0.1) is 6.54 Å². The molecule has 1 aliphatic heterocycles. The predicted octanol–water partition coefficient (Wildman–Crippen LogP) is 4.79. The van der Waals surface area contributed by atoms with Gasteiger partial charge in [-0.2, -0.15) is 0 Å². The van der Waals surface area contributed by atoms with Crippen molar-refractivity contribution in [2.45, 2.75) is 6.54 Å². The maximum Gasteiger partial charge on any atom is 0.278 e. The maximum atomic E-state index is 13.2. The zero-order valence-electron chi connectivity index (χ0n) is 14.8. The molecule has 0 bridgehead atoms. The molecule has 0 saturated carbocycles. The number of aliphatic imine (C=N–C) groups is 1. The smallest absolute Gasteiger partial charge is 0.278 e. The first-order valence-corrected chi connectivity index (χ1v) is 8.78. The number of hydrogen-bond acceptors (Lipinski definition) is 2. The Bertz CT molecular complexity index is 1060. The number of halogens is 2. The van der Waals surface area contributed by atoms with Crippen molar-refractivity contribution in [3.05, 3.63) is 113 Å². The van der Waals surface area contributed by atoms with E-state index in [1.165, 1.54) is 24.3 Å². The Hall–Kier alpha value is -3.60. The molecule has 28 heavy (non-hydrogen) atoms. The fourth-order valence-corrected chi connectivity index (χ4v) is 2.99. The number of amidine groups is 1. The van der Waals surface area contributed by atoms with Gasteiger partial charge in [-0.15, -0.1) is 0 Å². The lowest BCUT2D eigenvalue weighted by molar-refractivity contribution is -0.123. The van der Waals surface area contributed by atoms with Gasteiger partial charge in [0, 0.05) is 5.56 Å². The third-order valence-corrected chi connectivity index (χ3v) is 4.41. The van der Waals surface area contributed by atoms with Crippen molar-refractivity contribution < 1.29 is 13.6 Å². The van der Waals surface area contributed by atoms with Crippen LogP contribution in [0.2, 0.25) is 0 Å².